The van der Waals surface area contributed by atoms with Gasteiger partial charge in [0.05, 0.1) is 6.61 Å². The molecule has 0 aromatic carbocycles. The van der Waals surface area contributed by atoms with Crippen LogP contribution in [0.25, 0.3) is 0 Å². The molecular formula is C4H13CaNO. The van der Waals surface area contributed by atoms with E-state index in [9.17, 15) is 0 Å². The van der Waals surface area contributed by atoms with E-state index in [4.69, 9.17) is 10.8 Å². The molecule has 0 radical (unpaired) electrons. The zero-order chi connectivity index (χ0) is 5.21. The first-order valence-electron chi connectivity index (χ1n) is 1.96. The SMILES string of the molecule is CC(C)(N)CO.[CaH2]. The molecule has 3 N–H and O–H groups in total. The Bertz CT molecular complexity index is 41.4. The number of hydrogen-bond donors (Lipinski definition) is 2. The van der Waals surface area contributed by atoms with Gasteiger partial charge in [0.15, 0.2) is 0 Å². The summed E-state index contributed by atoms with van der Waals surface area (Å²) in [7, 11) is 0. The van der Waals surface area contributed by atoms with Crippen LogP contribution in [0.2, 0.25) is 0 Å². The van der Waals surface area contributed by atoms with Gasteiger partial charge in [0, 0.05) is 5.54 Å². The molecule has 0 spiro atoms. The van der Waals surface area contributed by atoms with Crippen molar-refractivity contribution in [1.29, 1.82) is 0 Å². The van der Waals surface area contributed by atoms with Gasteiger partial charge < -0.3 is 10.8 Å². The van der Waals surface area contributed by atoms with Gasteiger partial charge in [-0.25, -0.2) is 0 Å². The van der Waals surface area contributed by atoms with Gasteiger partial charge in [-0.15, -0.1) is 0 Å². The van der Waals surface area contributed by atoms with Crippen molar-refractivity contribution in [3.05, 3.63) is 0 Å². The van der Waals surface area contributed by atoms with E-state index < -0.39 is 5.54 Å². The zero-order valence-electron chi connectivity index (χ0n) is 4.23. The van der Waals surface area contributed by atoms with Crippen LogP contribution < -0.4 is 5.73 Å². The van der Waals surface area contributed by atoms with Gasteiger partial charge in [-0.05, 0) is 13.8 Å². The summed E-state index contributed by atoms with van der Waals surface area (Å²) in [5, 5.41) is 8.28. The summed E-state index contributed by atoms with van der Waals surface area (Å²) in [6, 6.07) is 0. The Hall–Kier alpha value is 1.18. The van der Waals surface area contributed by atoms with Crippen LogP contribution in [0.1, 0.15) is 13.8 Å². The number of aliphatic hydroxyl groups is 1. The Balaban J connectivity index is 0. The monoisotopic (exact) mass is 131 g/mol. The van der Waals surface area contributed by atoms with Crippen LogP contribution in [-0.2, 0) is 0 Å². The van der Waals surface area contributed by atoms with Crippen molar-refractivity contribution in [3.63, 3.8) is 0 Å². The molecule has 7 heavy (non-hydrogen) atoms. The van der Waals surface area contributed by atoms with Gasteiger partial charge in [-0.3, -0.25) is 0 Å². The molecule has 0 bridgehead atoms. The maximum absolute atomic E-state index is 8.28. The van der Waals surface area contributed by atoms with Crippen LogP contribution in [0.15, 0.2) is 0 Å². The summed E-state index contributed by atoms with van der Waals surface area (Å²) in [6.07, 6.45) is 0. The van der Waals surface area contributed by atoms with Crippen LogP contribution in [0, 0.1) is 0 Å². The van der Waals surface area contributed by atoms with E-state index in [2.05, 4.69) is 0 Å². The summed E-state index contributed by atoms with van der Waals surface area (Å²) in [6.45, 7) is 3.59. The predicted molar refractivity (Wildman–Crippen MR) is 33.9 cm³/mol. The fourth-order valence-corrected chi connectivity index (χ4v) is 0. The van der Waals surface area contributed by atoms with E-state index in [-0.39, 0.29) is 44.3 Å². The standard InChI is InChI=1S/C4H11NO.Ca.2H/c1-4(2,5)3-6;;;/h6H,3,5H2,1-2H3;;;. The predicted octanol–water partition coefficient (Wildman–Crippen LogP) is -1.20. The Kier molecular flexibility index (Phi) is 6.46. The molecule has 0 saturated heterocycles. The quantitative estimate of drug-likeness (QED) is 0.439. The number of nitrogens with two attached hydrogens (primary N) is 1. The molecule has 0 fully saturated rings. The van der Waals surface area contributed by atoms with Crippen molar-refractivity contribution in [3.8, 4) is 0 Å². The van der Waals surface area contributed by atoms with E-state index in [1.54, 1.807) is 13.8 Å². The van der Waals surface area contributed by atoms with E-state index >= 15 is 0 Å². The minimum absolute atomic E-state index is 0. The van der Waals surface area contributed by atoms with Gasteiger partial charge >= 0.3 is 37.7 Å². The fraction of sp³-hybridized carbons (Fsp3) is 1.00. The molecule has 3 heteroatoms. The van der Waals surface area contributed by atoms with Crippen LogP contribution in [0.4, 0.5) is 0 Å². The molecule has 0 aliphatic carbocycles. The molecule has 0 unspecified atom stereocenters. The summed E-state index contributed by atoms with van der Waals surface area (Å²) in [5.41, 5.74) is 4.88. The minimum atomic E-state index is -0.403. The van der Waals surface area contributed by atoms with Crippen LogP contribution >= 0.6 is 0 Å². The van der Waals surface area contributed by atoms with Crippen molar-refractivity contribution in [1.82, 2.24) is 0 Å². The molecule has 0 saturated carbocycles. The van der Waals surface area contributed by atoms with Gasteiger partial charge in [-0.1, -0.05) is 0 Å². The first-order chi connectivity index (χ1) is 2.56. The molecule has 0 atom stereocenters. The third-order valence-corrected chi connectivity index (χ3v) is 0.408. The third-order valence-electron chi connectivity index (χ3n) is 0.408. The number of aliphatic hydroxyl groups excluding tert-OH is 1. The van der Waals surface area contributed by atoms with E-state index in [0.717, 1.165) is 0 Å². The van der Waals surface area contributed by atoms with Crippen molar-refractivity contribution in [2.45, 2.75) is 19.4 Å². The number of rotatable bonds is 1. The average Bonchev–Trinajstić information content (AvgIpc) is 1.35. The van der Waals surface area contributed by atoms with E-state index in [0.29, 0.717) is 0 Å². The Morgan fingerprint density at radius 2 is 1.71 bits per heavy atom. The zero-order valence-corrected chi connectivity index (χ0v) is 4.23. The third kappa shape index (κ3) is 11.0. The van der Waals surface area contributed by atoms with Crippen LogP contribution in [0.5, 0.6) is 0 Å². The van der Waals surface area contributed by atoms with E-state index in [1.807, 2.05) is 0 Å². The molecule has 0 rings (SSSR count). The van der Waals surface area contributed by atoms with Crippen molar-refractivity contribution < 1.29 is 5.11 Å². The second-order valence-corrected chi connectivity index (χ2v) is 2.15. The maximum atomic E-state index is 8.28. The fourth-order valence-electron chi connectivity index (χ4n) is 0. The summed E-state index contributed by atoms with van der Waals surface area (Å²) < 4.78 is 0. The molecule has 0 amide bonds. The average molecular weight is 131 g/mol. The topological polar surface area (TPSA) is 46.2 Å². The van der Waals surface area contributed by atoms with Crippen molar-refractivity contribution in [2.75, 3.05) is 6.61 Å². The van der Waals surface area contributed by atoms with E-state index in [1.165, 1.54) is 0 Å². The molecule has 0 aromatic rings. The Morgan fingerprint density at radius 1 is 1.57 bits per heavy atom. The summed E-state index contributed by atoms with van der Waals surface area (Å²) in [5.74, 6) is 0. The van der Waals surface area contributed by atoms with Gasteiger partial charge in [0.25, 0.3) is 0 Å². The first-order valence-corrected chi connectivity index (χ1v) is 1.96. The van der Waals surface area contributed by atoms with Gasteiger partial charge in [0.2, 0.25) is 0 Å². The molecule has 42 valence electrons. The van der Waals surface area contributed by atoms with Crippen molar-refractivity contribution >= 4 is 37.7 Å². The summed E-state index contributed by atoms with van der Waals surface area (Å²) in [4.78, 5) is 0. The van der Waals surface area contributed by atoms with Crippen LogP contribution in [0.3, 0.4) is 0 Å². The molecule has 0 aliphatic heterocycles. The second-order valence-electron chi connectivity index (χ2n) is 2.15. The van der Waals surface area contributed by atoms with Crippen molar-refractivity contribution in [2.24, 2.45) is 5.73 Å². The van der Waals surface area contributed by atoms with Gasteiger partial charge in [0.1, 0.15) is 0 Å². The molecule has 0 aromatic heterocycles. The first kappa shape index (κ1) is 11.0. The van der Waals surface area contributed by atoms with Crippen LogP contribution in [-0.4, -0.2) is 55.0 Å². The molecule has 2 nitrogen and oxygen atoms in total. The number of hydrogen-bond acceptors (Lipinski definition) is 2. The summed E-state index contributed by atoms with van der Waals surface area (Å²) >= 11 is 0. The van der Waals surface area contributed by atoms with Gasteiger partial charge in [-0.2, -0.15) is 0 Å². The second kappa shape index (κ2) is 4.10. The Morgan fingerprint density at radius 3 is 1.71 bits per heavy atom. The molecular weight excluding hydrogens is 118 g/mol. The Labute approximate surface area is 74.1 Å². The molecule has 0 heterocycles. The normalized spacial score (nSPS) is 10.3. The molecule has 0 aliphatic rings.